The monoisotopic (exact) mass is 302 g/mol. The minimum atomic E-state index is -0.535. The molecule has 106 valence electrons. The first-order valence-corrected chi connectivity index (χ1v) is 6.93. The van der Waals surface area contributed by atoms with E-state index in [0.29, 0.717) is 16.5 Å². The fourth-order valence-electron chi connectivity index (χ4n) is 2.40. The summed E-state index contributed by atoms with van der Waals surface area (Å²) in [7, 11) is 0. The van der Waals surface area contributed by atoms with Crippen molar-refractivity contribution in [3.63, 3.8) is 0 Å². The Morgan fingerprint density at radius 2 is 1.62 bits per heavy atom. The van der Waals surface area contributed by atoms with Gasteiger partial charge in [0.2, 0.25) is 5.91 Å². The van der Waals surface area contributed by atoms with Gasteiger partial charge in [0.05, 0.1) is 11.1 Å². The molecular formula is C15H11ClN2O3. The average Bonchev–Trinajstić information content (AvgIpc) is 2.49. The predicted octanol–water partition coefficient (Wildman–Crippen LogP) is 2.10. The van der Waals surface area contributed by atoms with Crippen LogP contribution < -0.4 is 5.43 Å². The number of hydrogen-bond donors (Lipinski definition) is 1. The third kappa shape index (κ3) is 2.15. The van der Waals surface area contributed by atoms with Crippen molar-refractivity contribution in [1.29, 1.82) is 0 Å². The third-order valence-corrected chi connectivity index (χ3v) is 3.52. The Morgan fingerprint density at radius 3 is 2.14 bits per heavy atom. The second-order valence-electron chi connectivity index (χ2n) is 4.63. The van der Waals surface area contributed by atoms with E-state index in [1.165, 1.54) is 0 Å². The molecule has 6 heteroatoms. The maximum Gasteiger partial charge on any atom is 0.280 e. The maximum atomic E-state index is 12.4. The predicted molar refractivity (Wildman–Crippen MR) is 77.9 cm³/mol. The van der Waals surface area contributed by atoms with Gasteiger partial charge in [0.1, 0.15) is 0 Å². The van der Waals surface area contributed by atoms with Gasteiger partial charge in [-0.2, -0.15) is 5.01 Å². The number of hydrogen-bond acceptors (Lipinski definition) is 3. The molecule has 0 fully saturated rings. The van der Waals surface area contributed by atoms with E-state index < -0.39 is 17.7 Å². The average molecular weight is 303 g/mol. The van der Waals surface area contributed by atoms with Crippen molar-refractivity contribution < 1.29 is 14.4 Å². The summed E-state index contributed by atoms with van der Waals surface area (Å²) in [5.74, 6) is -1.42. The van der Waals surface area contributed by atoms with E-state index in [9.17, 15) is 14.4 Å². The van der Waals surface area contributed by atoms with Crippen molar-refractivity contribution in [3.8, 4) is 0 Å². The number of benzene rings is 2. The molecule has 0 saturated heterocycles. The van der Waals surface area contributed by atoms with Gasteiger partial charge in [-0.05, 0) is 17.5 Å². The van der Waals surface area contributed by atoms with Gasteiger partial charge in [-0.15, -0.1) is 11.6 Å². The van der Waals surface area contributed by atoms with Crippen LogP contribution in [-0.4, -0.2) is 28.6 Å². The van der Waals surface area contributed by atoms with E-state index >= 15 is 0 Å². The summed E-state index contributed by atoms with van der Waals surface area (Å²) >= 11 is 5.48. The maximum absolute atomic E-state index is 12.4. The zero-order chi connectivity index (χ0) is 15.0. The summed E-state index contributed by atoms with van der Waals surface area (Å²) in [4.78, 5) is 36.4. The van der Waals surface area contributed by atoms with Crippen LogP contribution in [0.2, 0.25) is 0 Å². The Kier molecular flexibility index (Phi) is 3.35. The molecule has 21 heavy (non-hydrogen) atoms. The van der Waals surface area contributed by atoms with Crippen LogP contribution in [0.4, 0.5) is 0 Å². The van der Waals surface area contributed by atoms with Crippen molar-refractivity contribution in [1.82, 2.24) is 10.4 Å². The lowest BCUT2D eigenvalue weighted by Gasteiger charge is -2.27. The number of amides is 3. The molecule has 0 aromatic heterocycles. The molecule has 2 aromatic rings. The van der Waals surface area contributed by atoms with Crippen LogP contribution in [0.25, 0.3) is 10.8 Å². The number of nitrogens with zero attached hydrogens (tertiary/aromatic N) is 1. The highest BCUT2D eigenvalue weighted by Crippen LogP contribution is 2.29. The van der Waals surface area contributed by atoms with E-state index in [1.807, 2.05) is 12.1 Å². The normalized spacial score (nSPS) is 13.7. The number of halogens is 1. The SMILES string of the molecule is O=C(CCCl)NN1C(=O)c2cccc3cccc(c23)C1=O. The van der Waals surface area contributed by atoms with Gasteiger partial charge >= 0.3 is 0 Å². The van der Waals surface area contributed by atoms with Gasteiger partial charge in [-0.3, -0.25) is 19.8 Å². The standard InChI is InChI=1S/C15H11ClN2O3/c16-8-7-12(19)17-18-14(20)10-5-1-3-9-4-2-6-11(13(9)10)15(18)21/h1-6H,7-8H2,(H,17,19). The van der Waals surface area contributed by atoms with E-state index in [2.05, 4.69) is 5.43 Å². The van der Waals surface area contributed by atoms with Crippen molar-refractivity contribution in [2.45, 2.75) is 6.42 Å². The van der Waals surface area contributed by atoms with Crippen LogP contribution in [0.3, 0.4) is 0 Å². The summed E-state index contributed by atoms with van der Waals surface area (Å²) < 4.78 is 0. The molecule has 0 aliphatic carbocycles. The summed E-state index contributed by atoms with van der Waals surface area (Å²) in [6, 6.07) is 10.4. The molecule has 0 saturated carbocycles. The first-order valence-electron chi connectivity index (χ1n) is 6.39. The number of carbonyl (C=O) groups excluding carboxylic acids is 3. The zero-order valence-corrected chi connectivity index (χ0v) is 11.7. The summed E-state index contributed by atoms with van der Waals surface area (Å²) in [6.07, 6.45) is 0.0322. The Morgan fingerprint density at radius 1 is 1.05 bits per heavy atom. The molecule has 0 spiro atoms. The van der Waals surface area contributed by atoms with E-state index in [1.54, 1.807) is 24.3 Å². The Balaban J connectivity index is 2.09. The first kappa shape index (κ1) is 13.6. The van der Waals surface area contributed by atoms with Crippen LogP contribution >= 0.6 is 11.6 Å². The van der Waals surface area contributed by atoms with E-state index in [-0.39, 0.29) is 12.3 Å². The molecular weight excluding hydrogens is 292 g/mol. The Bertz CT molecular complexity index is 722. The summed E-state index contributed by atoms with van der Waals surface area (Å²) in [5, 5.41) is 2.20. The minimum absolute atomic E-state index is 0.0322. The van der Waals surface area contributed by atoms with Crippen molar-refractivity contribution in [2.24, 2.45) is 0 Å². The van der Waals surface area contributed by atoms with Crippen molar-refractivity contribution in [3.05, 3.63) is 47.5 Å². The molecule has 0 bridgehead atoms. The van der Waals surface area contributed by atoms with Crippen molar-refractivity contribution in [2.75, 3.05) is 5.88 Å². The topological polar surface area (TPSA) is 66.5 Å². The number of rotatable bonds is 3. The smallest absolute Gasteiger partial charge is 0.273 e. The summed E-state index contributed by atoms with van der Waals surface area (Å²) in [6.45, 7) is 0. The fourth-order valence-corrected chi connectivity index (χ4v) is 2.57. The van der Waals surface area contributed by atoms with Gasteiger partial charge in [0.25, 0.3) is 11.8 Å². The number of nitrogens with one attached hydrogen (secondary N) is 1. The summed E-state index contributed by atoms with van der Waals surface area (Å²) in [5.41, 5.74) is 3.11. The highest BCUT2D eigenvalue weighted by molar-refractivity contribution is 6.25. The third-order valence-electron chi connectivity index (χ3n) is 3.33. The molecule has 3 amide bonds. The highest BCUT2D eigenvalue weighted by Gasteiger charge is 2.33. The second-order valence-corrected chi connectivity index (χ2v) is 5.01. The van der Waals surface area contributed by atoms with Crippen LogP contribution in [-0.2, 0) is 4.79 Å². The quantitative estimate of drug-likeness (QED) is 0.697. The number of imide groups is 1. The number of hydrazine groups is 1. The molecule has 5 nitrogen and oxygen atoms in total. The zero-order valence-electron chi connectivity index (χ0n) is 10.9. The van der Waals surface area contributed by atoms with Gasteiger partial charge in [0, 0.05) is 17.7 Å². The van der Waals surface area contributed by atoms with Crippen LogP contribution in [0.15, 0.2) is 36.4 Å². The second kappa shape index (κ2) is 5.18. The molecule has 0 unspecified atom stereocenters. The highest BCUT2D eigenvalue weighted by atomic mass is 35.5. The van der Waals surface area contributed by atoms with E-state index in [4.69, 9.17) is 11.6 Å². The molecule has 0 atom stereocenters. The molecule has 3 rings (SSSR count). The van der Waals surface area contributed by atoms with Gasteiger partial charge in [-0.1, -0.05) is 24.3 Å². The molecule has 1 N–H and O–H groups in total. The van der Waals surface area contributed by atoms with Crippen LogP contribution in [0.1, 0.15) is 27.1 Å². The van der Waals surface area contributed by atoms with Crippen molar-refractivity contribution >= 4 is 40.1 Å². The lowest BCUT2D eigenvalue weighted by molar-refractivity contribution is -0.123. The number of alkyl halides is 1. The van der Waals surface area contributed by atoms with Gasteiger partial charge in [0.15, 0.2) is 0 Å². The molecule has 2 aromatic carbocycles. The Hall–Kier alpha value is -2.40. The van der Waals surface area contributed by atoms with E-state index in [0.717, 1.165) is 10.4 Å². The lowest BCUT2D eigenvalue weighted by Crippen LogP contribution is -2.51. The van der Waals surface area contributed by atoms with Crippen LogP contribution in [0, 0.1) is 0 Å². The molecule has 0 radical (unpaired) electrons. The minimum Gasteiger partial charge on any atom is -0.273 e. The first-order chi connectivity index (χ1) is 10.1. The molecule has 1 aliphatic rings. The molecule has 1 aliphatic heterocycles. The Labute approximate surface area is 125 Å². The van der Waals surface area contributed by atoms with Gasteiger partial charge < -0.3 is 0 Å². The molecule has 1 heterocycles. The van der Waals surface area contributed by atoms with Crippen LogP contribution in [0.5, 0.6) is 0 Å². The largest absolute Gasteiger partial charge is 0.280 e. The van der Waals surface area contributed by atoms with Gasteiger partial charge in [-0.25, -0.2) is 0 Å². The fraction of sp³-hybridized carbons (Fsp3) is 0.133. The lowest BCUT2D eigenvalue weighted by atomic mass is 9.95. The number of carbonyl (C=O) groups is 3.